The Labute approximate surface area is 222 Å². The van der Waals surface area contributed by atoms with Crippen molar-refractivity contribution in [3.8, 4) is 6.07 Å². The third-order valence-corrected chi connectivity index (χ3v) is 7.08. The SMILES string of the molecule is CC(C)(C=C(C#N)C(=O)N1CCC[C@@](C)(OC(=O)N[C@@H](Cc2ccccc2)B(O)O)C1)N1CCC(F)(F)C1. The summed E-state index contributed by atoms with van der Waals surface area (Å²) in [5.41, 5.74) is -1.38. The first-order chi connectivity index (χ1) is 17.7. The van der Waals surface area contributed by atoms with E-state index >= 15 is 0 Å². The van der Waals surface area contributed by atoms with Gasteiger partial charge < -0.3 is 25.0 Å². The highest BCUT2D eigenvalue weighted by molar-refractivity contribution is 6.43. The quantitative estimate of drug-likeness (QED) is 0.267. The van der Waals surface area contributed by atoms with Crippen LogP contribution in [0.3, 0.4) is 0 Å². The molecule has 0 saturated carbocycles. The second kappa shape index (κ2) is 11.8. The normalized spacial score (nSPS) is 22.9. The number of ether oxygens (including phenoxy) is 1. The van der Waals surface area contributed by atoms with Gasteiger partial charge in [-0.3, -0.25) is 9.69 Å². The Balaban J connectivity index is 1.65. The number of hydrogen-bond acceptors (Lipinski definition) is 7. The first kappa shape index (κ1) is 29.5. The molecule has 0 bridgehead atoms. The van der Waals surface area contributed by atoms with E-state index in [-0.39, 0.29) is 31.5 Å². The van der Waals surface area contributed by atoms with E-state index in [9.17, 15) is 33.7 Å². The van der Waals surface area contributed by atoms with Crippen LogP contribution in [-0.4, -0.2) is 88.1 Å². The van der Waals surface area contributed by atoms with Crippen molar-refractivity contribution in [2.75, 3.05) is 26.2 Å². The van der Waals surface area contributed by atoms with Crippen molar-refractivity contribution >= 4 is 19.1 Å². The molecule has 3 rings (SSSR count). The minimum Gasteiger partial charge on any atom is -0.441 e. The van der Waals surface area contributed by atoms with Crippen molar-refractivity contribution in [2.24, 2.45) is 0 Å². The Hall–Kier alpha value is -3.01. The molecule has 0 unspecified atom stereocenters. The zero-order chi connectivity index (χ0) is 28.1. The number of halogens is 2. The number of hydrogen-bond donors (Lipinski definition) is 3. The van der Waals surface area contributed by atoms with Crippen LogP contribution in [0, 0.1) is 11.3 Å². The smallest absolute Gasteiger partial charge is 0.441 e. The predicted molar refractivity (Wildman–Crippen MR) is 137 cm³/mol. The Morgan fingerprint density at radius 1 is 1.24 bits per heavy atom. The largest absolute Gasteiger partial charge is 0.475 e. The van der Waals surface area contributed by atoms with Crippen LogP contribution in [0.25, 0.3) is 0 Å². The van der Waals surface area contributed by atoms with Gasteiger partial charge in [0.25, 0.3) is 11.8 Å². The molecule has 38 heavy (non-hydrogen) atoms. The standard InChI is InChI=1S/C26H35BF2N4O5/c1-24(2,33-13-11-26(28,29)18-33)15-20(16-30)22(34)32-12-7-10-25(3,17-32)38-23(35)31-21(27(36)37)14-19-8-5-4-6-9-19/h4-6,8-9,15,21,36-37H,7,10-14,17-18H2,1-3H3,(H,31,35)/t21-,25+/m0/s1. The summed E-state index contributed by atoms with van der Waals surface area (Å²) >= 11 is 0. The molecular weight excluding hydrogens is 497 g/mol. The molecule has 206 valence electrons. The van der Waals surface area contributed by atoms with Gasteiger partial charge in [-0.05, 0) is 51.7 Å². The van der Waals surface area contributed by atoms with Crippen LogP contribution in [0.5, 0.6) is 0 Å². The summed E-state index contributed by atoms with van der Waals surface area (Å²) in [4.78, 5) is 28.9. The Morgan fingerprint density at radius 3 is 2.50 bits per heavy atom. The van der Waals surface area contributed by atoms with Crippen molar-refractivity contribution < 1.29 is 33.2 Å². The van der Waals surface area contributed by atoms with Gasteiger partial charge in [-0.15, -0.1) is 0 Å². The summed E-state index contributed by atoms with van der Waals surface area (Å²) in [5.74, 6) is -4.38. The number of nitriles is 1. The third-order valence-electron chi connectivity index (χ3n) is 7.08. The van der Waals surface area contributed by atoms with Crippen LogP contribution < -0.4 is 5.32 Å². The van der Waals surface area contributed by atoms with Gasteiger partial charge in [-0.25, -0.2) is 13.6 Å². The molecule has 2 fully saturated rings. The van der Waals surface area contributed by atoms with Crippen molar-refractivity contribution in [3.05, 3.63) is 47.5 Å². The van der Waals surface area contributed by atoms with Crippen molar-refractivity contribution in [2.45, 2.75) is 69.5 Å². The number of carbonyl (C=O) groups excluding carboxylic acids is 2. The molecular formula is C26H35BF2N4O5. The highest BCUT2D eigenvalue weighted by Crippen LogP contribution is 2.33. The van der Waals surface area contributed by atoms with Gasteiger partial charge in [-0.2, -0.15) is 5.26 Å². The molecule has 2 heterocycles. The maximum atomic E-state index is 13.7. The van der Waals surface area contributed by atoms with E-state index in [4.69, 9.17) is 4.74 Å². The average molecular weight is 532 g/mol. The van der Waals surface area contributed by atoms with Gasteiger partial charge in [0.1, 0.15) is 17.2 Å². The number of benzene rings is 1. The topological polar surface area (TPSA) is 126 Å². The molecule has 1 aromatic carbocycles. The molecule has 9 nitrogen and oxygen atoms in total. The summed E-state index contributed by atoms with van der Waals surface area (Å²) < 4.78 is 33.1. The lowest BCUT2D eigenvalue weighted by molar-refractivity contribution is -0.133. The van der Waals surface area contributed by atoms with E-state index in [2.05, 4.69) is 5.32 Å². The van der Waals surface area contributed by atoms with E-state index in [1.807, 2.05) is 12.1 Å². The van der Waals surface area contributed by atoms with Crippen molar-refractivity contribution in [3.63, 3.8) is 0 Å². The third kappa shape index (κ3) is 7.76. The molecule has 2 atom stereocenters. The second-order valence-corrected chi connectivity index (χ2v) is 10.9. The maximum Gasteiger partial charge on any atom is 0.475 e. The Kier molecular flexibility index (Phi) is 9.18. The van der Waals surface area contributed by atoms with E-state index < -0.39 is 48.7 Å². The predicted octanol–water partition coefficient (Wildman–Crippen LogP) is 2.29. The number of piperidine rings is 1. The molecule has 12 heteroatoms. The monoisotopic (exact) mass is 532 g/mol. The first-order valence-electron chi connectivity index (χ1n) is 12.7. The summed E-state index contributed by atoms with van der Waals surface area (Å²) in [5, 5.41) is 31.7. The summed E-state index contributed by atoms with van der Waals surface area (Å²) in [6.45, 7) is 5.12. The number of alkyl halides is 2. The number of likely N-dealkylation sites (tertiary alicyclic amines) is 2. The highest BCUT2D eigenvalue weighted by atomic mass is 19.3. The van der Waals surface area contributed by atoms with Crippen LogP contribution in [0.1, 0.15) is 45.6 Å². The fourth-order valence-electron chi connectivity index (χ4n) is 4.95. The maximum absolute atomic E-state index is 13.7. The first-order valence-corrected chi connectivity index (χ1v) is 12.7. The number of alkyl carbamates (subject to hydrolysis) is 1. The van der Waals surface area contributed by atoms with Crippen molar-refractivity contribution in [1.82, 2.24) is 15.1 Å². The summed E-state index contributed by atoms with van der Waals surface area (Å²) in [7, 11) is -1.82. The number of nitrogens with zero attached hydrogens (tertiary/aromatic N) is 3. The number of carbonyl (C=O) groups is 2. The lowest BCUT2D eigenvalue weighted by Gasteiger charge is -2.40. The van der Waals surface area contributed by atoms with Crippen molar-refractivity contribution in [1.29, 1.82) is 5.26 Å². The molecule has 2 amide bonds. The zero-order valence-electron chi connectivity index (χ0n) is 22.0. The number of nitrogens with one attached hydrogen (secondary N) is 1. The molecule has 2 aliphatic rings. The van der Waals surface area contributed by atoms with Gasteiger partial charge in [-0.1, -0.05) is 30.3 Å². The molecule has 1 aromatic rings. The van der Waals surface area contributed by atoms with Gasteiger partial charge >= 0.3 is 13.2 Å². The van der Waals surface area contributed by atoms with Crippen LogP contribution in [0.4, 0.5) is 13.6 Å². The highest BCUT2D eigenvalue weighted by Gasteiger charge is 2.44. The molecule has 2 saturated heterocycles. The van der Waals surface area contributed by atoms with E-state index in [0.29, 0.717) is 19.4 Å². The summed E-state index contributed by atoms with van der Waals surface area (Å²) in [6.07, 6.45) is 1.42. The molecule has 0 radical (unpaired) electrons. The van der Waals surface area contributed by atoms with Crippen LogP contribution in [0.15, 0.2) is 42.0 Å². The zero-order valence-corrected chi connectivity index (χ0v) is 22.0. The minimum absolute atomic E-state index is 0.0194. The molecule has 2 aliphatic heterocycles. The second-order valence-electron chi connectivity index (χ2n) is 10.9. The van der Waals surface area contributed by atoms with Crippen LogP contribution in [0.2, 0.25) is 0 Å². The molecule has 3 N–H and O–H groups in total. The molecule has 0 spiro atoms. The van der Waals surface area contributed by atoms with Crippen LogP contribution in [-0.2, 0) is 16.0 Å². The molecule has 0 aromatic heterocycles. The van der Waals surface area contributed by atoms with Gasteiger partial charge in [0, 0.05) is 25.0 Å². The lowest BCUT2D eigenvalue weighted by atomic mass is 9.76. The number of amides is 2. The average Bonchev–Trinajstić information content (AvgIpc) is 3.22. The fraction of sp³-hybridized carbons (Fsp3) is 0.577. The van der Waals surface area contributed by atoms with Gasteiger partial charge in [0.2, 0.25) is 0 Å². The van der Waals surface area contributed by atoms with E-state index in [1.165, 1.54) is 11.0 Å². The van der Waals surface area contributed by atoms with Gasteiger partial charge in [0.05, 0.1) is 19.0 Å². The van der Waals surface area contributed by atoms with Crippen LogP contribution >= 0.6 is 0 Å². The van der Waals surface area contributed by atoms with Gasteiger partial charge in [0.15, 0.2) is 0 Å². The minimum atomic E-state index is -2.80. The van der Waals surface area contributed by atoms with E-state index in [1.54, 1.807) is 49.9 Å². The Morgan fingerprint density at radius 2 is 1.92 bits per heavy atom. The molecule has 0 aliphatic carbocycles. The number of rotatable bonds is 8. The summed E-state index contributed by atoms with van der Waals surface area (Å²) in [6, 6.07) is 10.9. The van der Waals surface area contributed by atoms with E-state index in [0.717, 1.165) is 5.56 Å². The fourth-order valence-corrected chi connectivity index (χ4v) is 4.95. The Bertz CT molecular complexity index is 1080. The lowest BCUT2D eigenvalue weighted by Crippen LogP contribution is -2.54.